The summed E-state index contributed by atoms with van der Waals surface area (Å²) in [6.45, 7) is -0.523. The summed E-state index contributed by atoms with van der Waals surface area (Å²) < 4.78 is 16.1. The van der Waals surface area contributed by atoms with Gasteiger partial charge in [-0.3, -0.25) is 9.59 Å². The standard InChI is InChI=1S/C28H24N2O6/c31-26(29-21-11-7-14-23(18-21)36-22-12-5-2-6-13-22)19-35-28(33)24(17-20-9-3-1-4-10-20)30-27(32)25-15-8-16-34-25/h1-16,18,24H,17,19H2,(H,29,31)(H,30,32). The molecule has 8 nitrogen and oxygen atoms in total. The number of hydrogen-bond donors (Lipinski definition) is 2. The van der Waals surface area contributed by atoms with Gasteiger partial charge in [-0.1, -0.05) is 54.6 Å². The highest BCUT2D eigenvalue weighted by molar-refractivity contribution is 5.96. The molecule has 1 atom stereocenters. The second-order valence-electron chi connectivity index (χ2n) is 7.79. The number of furan rings is 1. The van der Waals surface area contributed by atoms with Crippen molar-refractivity contribution < 1.29 is 28.3 Å². The zero-order valence-electron chi connectivity index (χ0n) is 19.3. The van der Waals surface area contributed by atoms with Gasteiger partial charge in [0.1, 0.15) is 17.5 Å². The maximum atomic E-state index is 12.8. The first-order chi connectivity index (χ1) is 17.6. The normalized spacial score (nSPS) is 11.2. The molecule has 1 heterocycles. The van der Waals surface area contributed by atoms with Crippen LogP contribution >= 0.6 is 0 Å². The van der Waals surface area contributed by atoms with E-state index in [-0.39, 0.29) is 12.2 Å². The number of para-hydroxylation sites is 1. The van der Waals surface area contributed by atoms with Crippen LogP contribution in [-0.2, 0) is 20.7 Å². The van der Waals surface area contributed by atoms with E-state index < -0.39 is 30.4 Å². The predicted octanol–water partition coefficient (Wildman–Crippen LogP) is 4.59. The number of hydrogen-bond acceptors (Lipinski definition) is 6. The van der Waals surface area contributed by atoms with Crippen molar-refractivity contribution in [2.24, 2.45) is 0 Å². The molecule has 2 N–H and O–H groups in total. The molecular weight excluding hydrogens is 460 g/mol. The van der Waals surface area contributed by atoms with Gasteiger partial charge in [-0.15, -0.1) is 0 Å². The maximum Gasteiger partial charge on any atom is 0.329 e. The summed E-state index contributed by atoms with van der Waals surface area (Å²) in [7, 11) is 0. The Labute approximate surface area is 207 Å². The molecular formula is C28H24N2O6. The van der Waals surface area contributed by atoms with Crippen LogP contribution in [0.25, 0.3) is 0 Å². The Morgan fingerprint density at radius 1 is 0.806 bits per heavy atom. The number of ether oxygens (including phenoxy) is 2. The summed E-state index contributed by atoms with van der Waals surface area (Å²) in [6, 6.07) is 27.3. The Morgan fingerprint density at radius 3 is 2.25 bits per heavy atom. The monoisotopic (exact) mass is 484 g/mol. The van der Waals surface area contributed by atoms with Gasteiger partial charge in [0.15, 0.2) is 12.4 Å². The summed E-state index contributed by atoms with van der Waals surface area (Å²) in [4.78, 5) is 37.7. The molecule has 8 heteroatoms. The zero-order chi connectivity index (χ0) is 25.2. The van der Waals surface area contributed by atoms with Crippen LogP contribution in [0.3, 0.4) is 0 Å². The summed E-state index contributed by atoms with van der Waals surface area (Å²) in [5.74, 6) is -0.560. The SMILES string of the molecule is O=C(COC(=O)C(Cc1ccccc1)NC(=O)c1ccco1)Nc1cccc(Oc2ccccc2)c1. The van der Waals surface area contributed by atoms with Gasteiger partial charge in [-0.25, -0.2) is 4.79 Å². The molecule has 1 aromatic heterocycles. The Bertz CT molecular complexity index is 1290. The van der Waals surface area contributed by atoms with Gasteiger partial charge in [0.25, 0.3) is 11.8 Å². The zero-order valence-corrected chi connectivity index (χ0v) is 19.3. The largest absolute Gasteiger partial charge is 0.459 e. The fourth-order valence-electron chi connectivity index (χ4n) is 3.38. The van der Waals surface area contributed by atoms with Crippen LogP contribution in [0.4, 0.5) is 5.69 Å². The molecule has 0 spiro atoms. The lowest BCUT2D eigenvalue weighted by Gasteiger charge is -2.17. The molecule has 2 amide bonds. The van der Waals surface area contributed by atoms with Crippen LogP contribution in [0, 0.1) is 0 Å². The van der Waals surface area contributed by atoms with Gasteiger partial charge in [0.05, 0.1) is 6.26 Å². The van der Waals surface area contributed by atoms with Gasteiger partial charge in [-0.05, 0) is 42.0 Å². The van der Waals surface area contributed by atoms with Crippen LogP contribution in [0.15, 0.2) is 108 Å². The minimum absolute atomic E-state index is 0.0659. The summed E-state index contributed by atoms with van der Waals surface area (Å²) in [5.41, 5.74) is 1.30. The van der Waals surface area contributed by atoms with E-state index in [0.717, 1.165) is 5.56 Å². The number of amides is 2. The van der Waals surface area contributed by atoms with E-state index in [2.05, 4.69) is 10.6 Å². The quantitative estimate of drug-likeness (QED) is 0.319. The van der Waals surface area contributed by atoms with Crippen LogP contribution in [0.2, 0.25) is 0 Å². The van der Waals surface area contributed by atoms with E-state index in [0.29, 0.717) is 17.2 Å². The van der Waals surface area contributed by atoms with E-state index in [1.54, 1.807) is 30.3 Å². The number of anilines is 1. The fourth-order valence-corrected chi connectivity index (χ4v) is 3.38. The molecule has 0 fully saturated rings. The molecule has 0 aliphatic carbocycles. The van der Waals surface area contributed by atoms with E-state index in [4.69, 9.17) is 13.9 Å². The highest BCUT2D eigenvalue weighted by Crippen LogP contribution is 2.23. The lowest BCUT2D eigenvalue weighted by Crippen LogP contribution is -2.44. The second kappa shape index (κ2) is 12.0. The fraction of sp³-hybridized carbons (Fsp3) is 0.107. The average Bonchev–Trinajstić information content (AvgIpc) is 3.44. The summed E-state index contributed by atoms with van der Waals surface area (Å²) in [5, 5.41) is 5.29. The van der Waals surface area contributed by atoms with Gasteiger partial charge < -0.3 is 24.5 Å². The number of nitrogens with one attached hydrogen (secondary N) is 2. The first-order valence-electron chi connectivity index (χ1n) is 11.2. The van der Waals surface area contributed by atoms with E-state index in [1.165, 1.54) is 12.3 Å². The third-order valence-electron chi connectivity index (χ3n) is 5.06. The highest BCUT2D eigenvalue weighted by Gasteiger charge is 2.25. The molecule has 0 aliphatic rings. The summed E-state index contributed by atoms with van der Waals surface area (Å²) >= 11 is 0. The Kier molecular flexibility index (Phi) is 8.11. The first kappa shape index (κ1) is 24.3. The average molecular weight is 485 g/mol. The molecule has 0 radical (unpaired) electrons. The van der Waals surface area contributed by atoms with Crippen molar-refractivity contribution in [1.82, 2.24) is 5.32 Å². The minimum atomic E-state index is -1.01. The Morgan fingerprint density at radius 2 is 1.53 bits per heavy atom. The number of esters is 1. The minimum Gasteiger partial charge on any atom is -0.459 e. The van der Waals surface area contributed by atoms with Crippen LogP contribution < -0.4 is 15.4 Å². The number of benzene rings is 3. The third-order valence-corrected chi connectivity index (χ3v) is 5.06. The lowest BCUT2D eigenvalue weighted by molar-refractivity contribution is -0.149. The van der Waals surface area contributed by atoms with E-state index >= 15 is 0 Å². The molecule has 0 bridgehead atoms. The van der Waals surface area contributed by atoms with Gasteiger partial charge >= 0.3 is 5.97 Å². The number of carbonyl (C=O) groups excluding carboxylic acids is 3. The molecule has 0 aliphatic heterocycles. The van der Waals surface area contributed by atoms with Crippen molar-refractivity contribution in [3.63, 3.8) is 0 Å². The van der Waals surface area contributed by atoms with Crippen LogP contribution in [-0.4, -0.2) is 30.4 Å². The molecule has 3 aromatic carbocycles. The van der Waals surface area contributed by atoms with E-state index in [1.807, 2.05) is 60.7 Å². The van der Waals surface area contributed by atoms with Crippen LogP contribution in [0.1, 0.15) is 16.1 Å². The smallest absolute Gasteiger partial charge is 0.329 e. The molecule has 0 saturated heterocycles. The number of carbonyl (C=O) groups is 3. The van der Waals surface area contributed by atoms with Gasteiger partial charge in [0.2, 0.25) is 0 Å². The molecule has 4 rings (SSSR count). The topological polar surface area (TPSA) is 107 Å². The maximum absolute atomic E-state index is 12.8. The molecule has 1 unspecified atom stereocenters. The van der Waals surface area contributed by atoms with Gasteiger partial charge in [0, 0.05) is 18.2 Å². The predicted molar refractivity (Wildman–Crippen MR) is 133 cm³/mol. The third kappa shape index (κ3) is 7.07. The van der Waals surface area contributed by atoms with E-state index in [9.17, 15) is 14.4 Å². The van der Waals surface area contributed by atoms with Crippen molar-refractivity contribution in [3.8, 4) is 11.5 Å². The van der Waals surface area contributed by atoms with Crippen molar-refractivity contribution in [2.75, 3.05) is 11.9 Å². The van der Waals surface area contributed by atoms with Crippen LogP contribution in [0.5, 0.6) is 11.5 Å². The van der Waals surface area contributed by atoms with Crippen molar-refractivity contribution in [2.45, 2.75) is 12.5 Å². The van der Waals surface area contributed by atoms with Gasteiger partial charge in [-0.2, -0.15) is 0 Å². The first-order valence-corrected chi connectivity index (χ1v) is 11.2. The van der Waals surface area contributed by atoms with Crippen molar-refractivity contribution >= 4 is 23.5 Å². The Balaban J connectivity index is 1.34. The molecule has 4 aromatic rings. The van der Waals surface area contributed by atoms with Crippen molar-refractivity contribution in [1.29, 1.82) is 0 Å². The molecule has 0 saturated carbocycles. The number of rotatable bonds is 10. The molecule has 182 valence electrons. The van der Waals surface area contributed by atoms with Crippen molar-refractivity contribution in [3.05, 3.63) is 115 Å². The highest BCUT2D eigenvalue weighted by atomic mass is 16.5. The Hall–Kier alpha value is -4.85. The lowest BCUT2D eigenvalue weighted by atomic mass is 10.1. The molecule has 36 heavy (non-hydrogen) atoms. The second-order valence-corrected chi connectivity index (χ2v) is 7.79. The summed E-state index contributed by atoms with van der Waals surface area (Å²) in [6.07, 6.45) is 1.55.